The summed E-state index contributed by atoms with van der Waals surface area (Å²) in [6, 6.07) is 14.7. The summed E-state index contributed by atoms with van der Waals surface area (Å²) in [5.74, 6) is 0.594. The molecule has 0 bridgehead atoms. The molecule has 0 N–H and O–H groups in total. The van der Waals surface area contributed by atoms with Gasteiger partial charge in [0.15, 0.2) is 6.23 Å². The van der Waals surface area contributed by atoms with Gasteiger partial charge in [-0.25, -0.2) is 9.07 Å². The fraction of sp³-hybridized carbons (Fsp3) is 0.300. The number of halogens is 1. The molecule has 0 saturated carbocycles. The maximum Gasteiger partial charge on any atom is 0.157 e. The van der Waals surface area contributed by atoms with Crippen LogP contribution < -0.4 is 4.74 Å². The summed E-state index contributed by atoms with van der Waals surface area (Å²) < 4.78 is 26.5. The van der Waals surface area contributed by atoms with E-state index >= 15 is 0 Å². The number of ether oxygens (including phenoxy) is 2. The molecule has 6 nitrogen and oxygen atoms in total. The SMILES string of the molecule is COc1ccc(CN2CCOC2c2cn(Cc3ccccc3F)nn2)cc1. The van der Waals surface area contributed by atoms with E-state index in [1.165, 1.54) is 11.6 Å². The molecular weight excluding hydrogens is 347 g/mol. The third-order valence-electron chi connectivity index (χ3n) is 4.63. The maximum atomic E-state index is 13.8. The molecule has 1 saturated heterocycles. The van der Waals surface area contributed by atoms with Gasteiger partial charge in [-0.15, -0.1) is 5.10 Å². The van der Waals surface area contributed by atoms with E-state index in [0.717, 1.165) is 24.5 Å². The van der Waals surface area contributed by atoms with E-state index in [2.05, 4.69) is 15.2 Å². The van der Waals surface area contributed by atoms with Crippen molar-refractivity contribution in [2.45, 2.75) is 19.3 Å². The highest BCUT2D eigenvalue weighted by molar-refractivity contribution is 5.27. The Morgan fingerprint density at radius 2 is 1.96 bits per heavy atom. The van der Waals surface area contributed by atoms with Gasteiger partial charge >= 0.3 is 0 Å². The molecule has 140 valence electrons. The normalized spacial score (nSPS) is 17.3. The molecule has 1 aliphatic heterocycles. The Morgan fingerprint density at radius 1 is 1.15 bits per heavy atom. The molecule has 27 heavy (non-hydrogen) atoms. The molecule has 4 rings (SSSR count). The lowest BCUT2D eigenvalue weighted by molar-refractivity contribution is 0.0252. The van der Waals surface area contributed by atoms with E-state index in [1.54, 1.807) is 23.9 Å². The van der Waals surface area contributed by atoms with Gasteiger partial charge in [0, 0.05) is 18.7 Å². The summed E-state index contributed by atoms with van der Waals surface area (Å²) in [4.78, 5) is 2.21. The molecule has 0 aliphatic carbocycles. The van der Waals surface area contributed by atoms with Gasteiger partial charge in [0.1, 0.15) is 17.3 Å². The molecule has 2 aromatic carbocycles. The van der Waals surface area contributed by atoms with E-state index in [4.69, 9.17) is 9.47 Å². The highest BCUT2D eigenvalue weighted by atomic mass is 19.1. The number of benzene rings is 2. The van der Waals surface area contributed by atoms with Crippen molar-refractivity contribution in [2.75, 3.05) is 20.3 Å². The number of aromatic nitrogens is 3. The van der Waals surface area contributed by atoms with Gasteiger partial charge in [0.25, 0.3) is 0 Å². The minimum atomic E-state index is -0.249. The topological polar surface area (TPSA) is 52.4 Å². The smallest absolute Gasteiger partial charge is 0.157 e. The van der Waals surface area contributed by atoms with Gasteiger partial charge in [-0.2, -0.15) is 0 Å². The van der Waals surface area contributed by atoms with Crippen LogP contribution in [0.15, 0.2) is 54.7 Å². The third-order valence-corrected chi connectivity index (χ3v) is 4.63. The third kappa shape index (κ3) is 3.99. The Labute approximate surface area is 157 Å². The summed E-state index contributed by atoms with van der Waals surface area (Å²) in [5.41, 5.74) is 2.48. The molecule has 7 heteroatoms. The molecule has 1 atom stereocenters. The first kappa shape index (κ1) is 17.6. The van der Waals surface area contributed by atoms with Crippen LogP contribution in [0.1, 0.15) is 23.0 Å². The maximum absolute atomic E-state index is 13.8. The van der Waals surface area contributed by atoms with Crippen LogP contribution in [0.2, 0.25) is 0 Å². The molecule has 0 radical (unpaired) electrons. The predicted molar refractivity (Wildman–Crippen MR) is 97.6 cm³/mol. The minimum absolute atomic E-state index is 0.243. The van der Waals surface area contributed by atoms with Crippen molar-refractivity contribution < 1.29 is 13.9 Å². The largest absolute Gasteiger partial charge is 0.497 e. The first-order chi connectivity index (χ1) is 13.2. The van der Waals surface area contributed by atoms with Gasteiger partial charge in [-0.3, -0.25) is 4.90 Å². The quantitative estimate of drug-likeness (QED) is 0.670. The second-order valence-electron chi connectivity index (χ2n) is 6.47. The molecule has 1 aromatic heterocycles. The van der Waals surface area contributed by atoms with Crippen LogP contribution >= 0.6 is 0 Å². The van der Waals surface area contributed by atoms with Crippen molar-refractivity contribution in [3.8, 4) is 5.75 Å². The average Bonchev–Trinajstić information content (AvgIpc) is 3.33. The van der Waals surface area contributed by atoms with E-state index in [0.29, 0.717) is 18.7 Å². The zero-order chi connectivity index (χ0) is 18.6. The Hall–Kier alpha value is -2.77. The van der Waals surface area contributed by atoms with Crippen molar-refractivity contribution in [3.63, 3.8) is 0 Å². The first-order valence-corrected chi connectivity index (χ1v) is 8.85. The zero-order valence-electron chi connectivity index (χ0n) is 15.1. The summed E-state index contributed by atoms with van der Waals surface area (Å²) in [5, 5.41) is 8.39. The van der Waals surface area contributed by atoms with Gasteiger partial charge in [0.2, 0.25) is 0 Å². The fourth-order valence-electron chi connectivity index (χ4n) is 3.21. The monoisotopic (exact) mass is 368 g/mol. The van der Waals surface area contributed by atoms with Crippen molar-refractivity contribution in [1.29, 1.82) is 0 Å². The van der Waals surface area contributed by atoms with Crippen LogP contribution in [-0.2, 0) is 17.8 Å². The van der Waals surface area contributed by atoms with Crippen LogP contribution in [0, 0.1) is 5.82 Å². The van der Waals surface area contributed by atoms with E-state index in [-0.39, 0.29) is 12.0 Å². The molecule has 2 heterocycles. The number of nitrogens with zero attached hydrogens (tertiary/aromatic N) is 4. The second-order valence-corrected chi connectivity index (χ2v) is 6.47. The molecule has 1 fully saturated rings. The summed E-state index contributed by atoms with van der Waals surface area (Å²) in [7, 11) is 1.66. The molecular formula is C20H21FN4O2. The molecule has 0 amide bonds. The Bertz CT molecular complexity index is 897. The Kier molecular flexibility index (Phi) is 5.13. The van der Waals surface area contributed by atoms with Gasteiger partial charge in [0.05, 0.1) is 26.5 Å². The number of hydrogen-bond acceptors (Lipinski definition) is 5. The van der Waals surface area contributed by atoms with Gasteiger partial charge in [-0.1, -0.05) is 35.5 Å². The molecule has 1 unspecified atom stereocenters. The number of rotatable bonds is 6. The lowest BCUT2D eigenvalue weighted by atomic mass is 10.2. The second kappa shape index (κ2) is 7.85. The summed E-state index contributed by atoms with van der Waals surface area (Å²) >= 11 is 0. The van der Waals surface area contributed by atoms with Crippen molar-refractivity contribution >= 4 is 0 Å². The van der Waals surface area contributed by atoms with Crippen LogP contribution in [0.5, 0.6) is 5.75 Å². The standard InChI is InChI=1S/C20H21FN4O2/c1-26-17-8-6-15(7-9-17)12-24-10-11-27-20(24)19-14-25(23-22-19)13-16-4-2-3-5-18(16)21/h2-9,14,20H,10-13H2,1H3. The van der Waals surface area contributed by atoms with Gasteiger partial charge in [-0.05, 0) is 23.8 Å². The van der Waals surface area contributed by atoms with Gasteiger partial charge < -0.3 is 9.47 Å². The lowest BCUT2D eigenvalue weighted by Crippen LogP contribution is -2.23. The van der Waals surface area contributed by atoms with Crippen molar-refractivity contribution in [3.05, 3.63) is 77.4 Å². The van der Waals surface area contributed by atoms with Crippen LogP contribution in [-0.4, -0.2) is 40.2 Å². The average molecular weight is 368 g/mol. The van der Waals surface area contributed by atoms with Crippen molar-refractivity contribution in [1.82, 2.24) is 19.9 Å². The highest BCUT2D eigenvalue weighted by Crippen LogP contribution is 2.27. The van der Waals surface area contributed by atoms with E-state index in [9.17, 15) is 4.39 Å². The molecule has 1 aliphatic rings. The summed E-state index contributed by atoms with van der Waals surface area (Å²) in [6.07, 6.45) is 1.57. The highest BCUT2D eigenvalue weighted by Gasteiger charge is 2.29. The Morgan fingerprint density at radius 3 is 2.74 bits per heavy atom. The van der Waals surface area contributed by atoms with Crippen LogP contribution in [0.3, 0.4) is 0 Å². The molecule has 3 aromatic rings. The van der Waals surface area contributed by atoms with E-state index in [1.807, 2.05) is 36.5 Å². The van der Waals surface area contributed by atoms with E-state index < -0.39 is 0 Å². The number of methoxy groups -OCH3 is 1. The number of hydrogen-bond donors (Lipinski definition) is 0. The fourth-order valence-corrected chi connectivity index (χ4v) is 3.21. The lowest BCUT2D eigenvalue weighted by Gasteiger charge is -2.21. The van der Waals surface area contributed by atoms with Crippen molar-refractivity contribution in [2.24, 2.45) is 0 Å². The Balaban J connectivity index is 1.45. The first-order valence-electron chi connectivity index (χ1n) is 8.85. The zero-order valence-corrected chi connectivity index (χ0v) is 15.1. The summed E-state index contributed by atoms with van der Waals surface area (Å²) in [6.45, 7) is 2.54. The minimum Gasteiger partial charge on any atom is -0.497 e. The molecule has 0 spiro atoms. The van der Waals surface area contributed by atoms with Crippen LogP contribution in [0.4, 0.5) is 4.39 Å². The van der Waals surface area contributed by atoms with Crippen LogP contribution in [0.25, 0.3) is 0 Å². The predicted octanol–water partition coefficient (Wildman–Crippen LogP) is 3.01.